The molecule has 0 aromatic heterocycles. The summed E-state index contributed by atoms with van der Waals surface area (Å²) in [7, 11) is 1.81. The molecule has 0 radical (unpaired) electrons. The van der Waals surface area contributed by atoms with Crippen LogP contribution in [0.3, 0.4) is 0 Å². The average molecular weight is 354 g/mol. The van der Waals surface area contributed by atoms with Crippen LogP contribution in [0.5, 0.6) is 5.75 Å². The van der Waals surface area contributed by atoms with Gasteiger partial charge >= 0.3 is 0 Å². The fourth-order valence-corrected chi connectivity index (χ4v) is 3.83. The second kappa shape index (κ2) is 9.97. The first-order chi connectivity index (χ1) is 12.7. The number of aromatic hydroxyl groups is 1. The quantitative estimate of drug-likeness (QED) is 0.861. The summed E-state index contributed by atoms with van der Waals surface area (Å²) in [5, 5.41) is 11.8. The molecule has 4 heteroatoms. The Labute approximate surface area is 156 Å². The molecule has 140 valence electrons. The number of rotatable bonds is 2. The normalized spacial score (nSPS) is 18.2. The number of hydrogen-bond donors (Lipinski definition) is 2. The van der Waals surface area contributed by atoms with Crippen molar-refractivity contribution in [3.05, 3.63) is 59.2 Å². The van der Waals surface area contributed by atoms with Gasteiger partial charge in [0.2, 0.25) is 0 Å². The number of likely N-dealkylation sites (tertiary alicyclic amines) is 1. The molecule has 4 nitrogen and oxygen atoms in total. The molecule has 0 saturated carbocycles. The number of nitrogens with zero attached hydrogens (tertiary/aromatic N) is 1. The Balaban J connectivity index is 0.000000190. The summed E-state index contributed by atoms with van der Waals surface area (Å²) in [4.78, 5) is 10.7. The van der Waals surface area contributed by atoms with Gasteiger partial charge in [0.25, 0.3) is 0 Å². The lowest BCUT2D eigenvalue weighted by molar-refractivity contribution is -0.0979. The number of carbonyl (C=O) groups is 1. The van der Waals surface area contributed by atoms with Crippen molar-refractivity contribution in [1.29, 1.82) is 0 Å². The summed E-state index contributed by atoms with van der Waals surface area (Å²) >= 11 is 0. The zero-order chi connectivity index (χ0) is 18.9. The van der Waals surface area contributed by atoms with Gasteiger partial charge < -0.3 is 15.2 Å². The first-order valence-electron chi connectivity index (χ1n) is 9.24. The maximum Gasteiger partial charge on any atom is 0.117 e. The molecule has 4 rings (SSSR count). The van der Waals surface area contributed by atoms with E-state index in [1.54, 1.807) is 29.3 Å². The Morgan fingerprint density at radius 3 is 2.35 bits per heavy atom. The summed E-state index contributed by atoms with van der Waals surface area (Å²) < 4.78 is 0. The standard InChI is InChI=1S/C14H19N.C7H9NO.CH2O/c1-11-5-4-6-12-9-13(10-14(11)12)15-7-2-3-8-15;1-8-6-3-2-4-7(9)5-6;1-2/h4-6,13H,2-3,7-10H2,1H3;2-5,8-9H,1H3;1H2. The number of hydrogen-bond acceptors (Lipinski definition) is 4. The SMILES string of the molecule is C=O.CNc1cccc(O)c1.Cc1cccc2c1CC(N1CCCC1)C2. The second-order valence-electron chi connectivity index (χ2n) is 6.82. The second-order valence-corrected chi connectivity index (χ2v) is 6.82. The molecule has 0 amide bonds. The minimum atomic E-state index is 0.293. The zero-order valence-electron chi connectivity index (χ0n) is 15.9. The molecule has 2 aromatic carbocycles. The molecule has 2 N–H and O–H groups in total. The van der Waals surface area contributed by atoms with Gasteiger partial charge in [-0.15, -0.1) is 0 Å². The molecule has 0 spiro atoms. The lowest BCUT2D eigenvalue weighted by atomic mass is 10.1. The van der Waals surface area contributed by atoms with Gasteiger partial charge in [0, 0.05) is 24.8 Å². The molecule has 2 aromatic rings. The summed E-state index contributed by atoms with van der Waals surface area (Å²) in [6.07, 6.45) is 5.40. The van der Waals surface area contributed by atoms with Crippen molar-refractivity contribution < 1.29 is 9.90 Å². The van der Waals surface area contributed by atoms with E-state index in [1.807, 2.05) is 19.9 Å². The Hall–Kier alpha value is -2.33. The van der Waals surface area contributed by atoms with Crippen LogP contribution < -0.4 is 5.32 Å². The number of anilines is 1. The summed E-state index contributed by atoms with van der Waals surface area (Å²) in [6, 6.07) is 14.6. The van der Waals surface area contributed by atoms with E-state index in [2.05, 4.69) is 35.3 Å². The Morgan fingerprint density at radius 2 is 1.77 bits per heavy atom. The molecule has 1 aliphatic heterocycles. The van der Waals surface area contributed by atoms with Gasteiger partial charge in [0.1, 0.15) is 12.5 Å². The third-order valence-electron chi connectivity index (χ3n) is 5.19. The van der Waals surface area contributed by atoms with Crippen LogP contribution in [0.15, 0.2) is 42.5 Å². The van der Waals surface area contributed by atoms with Crippen molar-refractivity contribution in [3.8, 4) is 5.75 Å². The predicted octanol–water partition coefficient (Wildman–Crippen LogP) is 3.81. The van der Waals surface area contributed by atoms with Crippen molar-refractivity contribution in [2.24, 2.45) is 0 Å². The van der Waals surface area contributed by atoms with Crippen molar-refractivity contribution in [3.63, 3.8) is 0 Å². The van der Waals surface area contributed by atoms with Gasteiger partial charge in [-0.1, -0.05) is 24.3 Å². The van der Waals surface area contributed by atoms with E-state index < -0.39 is 0 Å². The lowest BCUT2D eigenvalue weighted by Crippen LogP contribution is -2.33. The molecule has 1 atom stereocenters. The van der Waals surface area contributed by atoms with Crippen LogP contribution in [0.1, 0.15) is 29.5 Å². The van der Waals surface area contributed by atoms with Crippen LogP contribution in [0.25, 0.3) is 0 Å². The van der Waals surface area contributed by atoms with Crippen LogP contribution in [0, 0.1) is 6.92 Å². The van der Waals surface area contributed by atoms with E-state index in [-0.39, 0.29) is 0 Å². The van der Waals surface area contributed by atoms with Gasteiger partial charge in [0.15, 0.2) is 0 Å². The summed E-state index contributed by atoms with van der Waals surface area (Å²) in [5.41, 5.74) is 5.66. The molecule has 1 heterocycles. The first kappa shape index (κ1) is 20.0. The number of phenolic OH excluding ortho intramolecular Hbond substituents is 1. The zero-order valence-corrected chi connectivity index (χ0v) is 15.9. The van der Waals surface area contributed by atoms with E-state index in [1.165, 1.54) is 44.3 Å². The third-order valence-corrected chi connectivity index (χ3v) is 5.19. The molecular formula is C22H30N2O2. The van der Waals surface area contributed by atoms with Crippen molar-refractivity contribution >= 4 is 12.5 Å². The van der Waals surface area contributed by atoms with Gasteiger partial charge in [-0.2, -0.15) is 0 Å². The van der Waals surface area contributed by atoms with Crippen LogP contribution >= 0.6 is 0 Å². The number of fused-ring (bicyclic) bond motifs is 1. The average Bonchev–Trinajstić information content (AvgIpc) is 3.34. The monoisotopic (exact) mass is 354 g/mol. The van der Waals surface area contributed by atoms with Crippen LogP contribution in [-0.4, -0.2) is 43.0 Å². The molecule has 1 aliphatic carbocycles. The molecule has 1 unspecified atom stereocenters. The van der Waals surface area contributed by atoms with E-state index >= 15 is 0 Å². The number of aryl methyl sites for hydroxylation is 1. The Bertz CT molecular complexity index is 696. The maximum absolute atomic E-state index is 8.90. The predicted molar refractivity (Wildman–Crippen MR) is 108 cm³/mol. The number of carbonyl (C=O) groups excluding carboxylic acids is 1. The van der Waals surface area contributed by atoms with E-state index in [0.29, 0.717) is 5.75 Å². The fourth-order valence-electron chi connectivity index (χ4n) is 3.83. The lowest BCUT2D eigenvalue weighted by Gasteiger charge is -2.22. The minimum Gasteiger partial charge on any atom is -0.508 e. The topological polar surface area (TPSA) is 52.6 Å². The summed E-state index contributed by atoms with van der Waals surface area (Å²) in [5.74, 6) is 0.293. The number of nitrogens with one attached hydrogen (secondary N) is 1. The van der Waals surface area contributed by atoms with E-state index in [0.717, 1.165) is 11.7 Å². The van der Waals surface area contributed by atoms with Gasteiger partial charge in [0.05, 0.1) is 0 Å². The van der Waals surface area contributed by atoms with Crippen LogP contribution in [0.4, 0.5) is 5.69 Å². The number of phenols is 1. The van der Waals surface area contributed by atoms with Crippen LogP contribution in [-0.2, 0) is 17.6 Å². The smallest absolute Gasteiger partial charge is 0.117 e. The molecule has 1 saturated heterocycles. The summed E-state index contributed by atoms with van der Waals surface area (Å²) in [6.45, 7) is 6.92. The Morgan fingerprint density at radius 1 is 1.08 bits per heavy atom. The van der Waals surface area contributed by atoms with Gasteiger partial charge in [-0.3, -0.25) is 4.90 Å². The van der Waals surface area contributed by atoms with Crippen molar-refractivity contribution in [2.75, 3.05) is 25.5 Å². The molecule has 2 aliphatic rings. The third kappa shape index (κ3) is 5.09. The first-order valence-corrected chi connectivity index (χ1v) is 9.24. The highest BCUT2D eigenvalue weighted by Crippen LogP contribution is 2.29. The molecule has 26 heavy (non-hydrogen) atoms. The highest BCUT2D eigenvalue weighted by atomic mass is 16.3. The van der Waals surface area contributed by atoms with E-state index in [9.17, 15) is 0 Å². The maximum atomic E-state index is 8.90. The van der Waals surface area contributed by atoms with Gasteiger partial charge in [-0.25, -0.2) is 0 Å². The van der Waals surface area contributed by atoms with E-state index in [4.69, 9.17) is 9.90 Å². The molecule has 1 fully saturated rings. The highest BCUT2D eigenvalue weighted by Gasteiger charge is 2.28. The number of benzene rings is 2. The van der Waals surface area contributed by atoms with Crippen molar-refractivity contribution in [1.82, 2.24) is 4.90 Å². The minimum absolute atomic E-state index is 0.293. The molecule has 0 bridgehead atoms. The van der Waals surface area contributed by atoms with Crippen LogP contribution in [0.2, 0.25) is 0 Å². The fraction of sp³-hybridized carbons (Fsp3) is 0.409. The van der Waals surface area contributed by atoms with Crippen molar-refractivity contribution in [2.45, 2.75) is 38.6 Å². The largest absolute Gasteiger partial charge is 0.508 e. The Kier molecular flexibility index (Phi) is 7.67. The van der Waals surface area contributed by atoms with Gasteiger partial charge in [-0.05, 0) is 74.5 Å². The molecular weight excluding hydrogens is 324 g/mol. The highest BCUT2D eigenvalue weighted by molar-refractivity contribution is 5.46.